The van der Waals surface area contributed by atoms with Gasteiger partial charge >= 0.3 is 5.92 Å². The normalized spacial score (nSPS) is 22.2. The van der Waals surface area contributed by atoms with Crippen LogP contribution in [0.1, 0.15) is 37.8 Å². The molecule has 1 aromatic carbocycles. The van der Waals surface area contributed by atoms with Crippen LogP contribution in [0, 0.1) is 5.92 Å². The number of anilines is 1. The Morgan fingerprint density at radius 2 is 2.06 bits per heavy atom. The number of carbonyl (C=O) groups is 2. The number of amides is 2. The Kier molecular flexibility index (Phi) is 4.24. The summed E-state index contributed by atoms with van der Waals surface area (Å²) >= 11 is 0. The number of nitrogens with one attached hydrogen (secondary N) is 2. The minimum absolute atomic E-state index is 0.00215. The molecule has 0 bridgehead atoms. The van der Waals surface area contributed by atoms with Crippen LogP contribution < -0.4 is 15.4 Å². The van der Waals surface area contributed by atoms with Gasteiger partial charge in [0, 0.05) is 30.5 Å². The molecule has 1 unspecified atom stereocenters. The van der Waals surface area contributed by atoms with E-state index in [0.29, 0.717) is 41.7 Å². The fourth-order valence-corrected chi connectivity index (χ4v) is 4.52. The topological polar surface area (TPSA) is 98.1 Å². The third kappa shape index (κ3) is 3.23. The number of imidazole rings is 1. The molecule has 8 nitrogen and oxygen atoms in total. The first-order chi connectivity index (χ1) is 15.8. The van der Waals surface area contributed by atoms with E-state index in [1.807, 2.05) is 6.92 Å². The van der Waals surface area contributed by atoms with Gasteiger partial charge in [0.2, 0.25) is 11.8 Å². The molecule has 1 aliphatic carbocycles. The minimum Gasteiger partial charge on any atom is -0.473 e. The summed E-state index contributed by atoms with van der Waals surface area (Å²) in [6, 6.07) is 6.41. The Labute approximate surface area is 187 Å². The van der Waals surface area contributed by atoms with Gasteiger partial charge in [0.05, 0.1) is 28.8 Å². The van der Waals surface area contributed by atoms with Crippen LogP contribution in [0.3, 0.4) is 0 Å². The highest BCUT2D eigenvalue weighted by atomic mass is 19.3. The third-order valence-corrected chi connectivity index (χ3v) is 6.62. The van der Waals surface area contributed by atoms with Crippen molar-refractivity contribution in [2.24, 2.45) is 5.92 Å². The van der Waals surface area contributed by atoms with Crippen LogP contribution in [0.5, 0.6) is 5.88 Å². The second-order valence-electron chi connectivity index (χ2n) is 8.94. The van der Waals surface area contributed by atoms with E-state index in [2.05, 4.69) is 20.2 Å². The summed E-state index contributed by atoms with van der Waals surface area (Å²) < 4.78 is 36.5. The fourth-order valence-electron chi connectivity index (χ4n) is 4.52. The van der Waals surface area contributed by atoms with Crippen molar-refractivity contribution in [2.45, 2.75) is 44.3 Å². The van der Waals surface area contributed by atoms with E-state index < -0.39 is 11.8 Å². The average molecular weight is 453 g/mol. The molecule has 0 spiro atoms. The van der Waals surface area contributed by atoms with Crippen molar-refractivity contribution in [3.63, 3.8) is 0 Å². The molecule has 1 saturated heterocycles. The molecule has 2 fully saturated rings. The van der Waals surface area contributed by atoms with Crippen molar-refractivity contribution >= 4 is 28.5 Å². The highest BCUT2D eigenvalue weighted by Crippen LogP contribution is 2.43. The number of aromatic nitrogens is 3. The number of carbonyl (C=O) groups excluding carboxylic acids is 2. The largest absolute Gasteiger partial charge is 0.473 e. The van der Waals surface area contributed by atoms with Gasteiger partial charge in [-0.05, 0) is 38.0 Å². The Morgan fingerprint density at radius 3 is 2.79 bits per heavy atom. The number of ether oxygens (including phenoxy) is 1. The molecule has 3 aromatic rings. The van der Waals surface area contributed by atoms with Gasteiger partial charge in [0.15, 0.2) is 0 Å². The lowest BCUT2D eigenvalue weighted by Gasteiger charge is -2.20. The van der Waals surface area contributed by atoms with E-state index in [-0.39, 0.29) is 29.2 Å². The van der Waals surface area contributed by atoms with Crippen molar-refractivity contribution in [3.8, 4) is 17.1 Å². The Hall–Kier alpha value is -3.56. The lowest BCUT2D eigenvalue weighted by atomic mass is 10.0. The number of hydrogen-bond donors (Lipinski definition) is 2. The molecular formula is C23H21F2N5O3. The van der Waals surface area contributed by atoms with Gasteiger partial charge in [-0.15, -0.1) is 0 Å². The number of alkyl halides is 2. The number of benzene rings is 1. The molecule has 33 heavy (non-hydrogen) atoms. The van der Waals surface area contributed by atoms with Gasteiger partial charge in [-0.25, -0.2) is 9.97 Å². The van der Waals surface area contributed by atoms with Crippen molar-refractivity contribution in [3.05, 3.63) is 36.2 Å². The lowest BCUT2D eigenvalue weighted by Crippen LogP contribution is -2.26. The SMILES string of the molecule is C[C@@H](Oc1nc(-c2ccc3c(c2)NC(=O)C3(F)F)cc2ncn(C3CC3)c12)C1CNC(=O)C1. The zero-order valence-electron chi connectivity index (χ0n) is 17.8. The molecule has 1 saturated carbocycles. The minimum atomic E-state index is -3.55. The summed E-state index contributed by atoms with van der Waals surface area (Å²) in [5.41, 5.74) is 2.25. The summed E-state index contributed by atoms with van der Waals surface area (Å²) in [5, 5.41) is 5.07. The van der Waals surface area contributed by atoms with Crippen LogP contribution in [-0.4, -0.2) is 39.0 Å². The number of nitrogens with zero attached hydrogens (tertiary/aromatic N) is 3. The molecule has 3 aliphatic rings. The second kappa shape index (κ2) is 6.97. The number of hydrogen-bond acceptors (Lipinski definition) is 5. The summed E-state index contributed by atoms with van der Waals surface area (Å²) in [6.07, 6.45) is 4.01. The first kappa shape index (κ1) is 20.1. The van der Waals surface area contributed by atoms with Crippen LogP contribution >= 0.6 is 0 Å². The molecule has 6 rings (SSSR count). The van der Waals surface area contributed by atoms with E-state index in [1.165, 1.54) is 18.2 Å². The van der Waals surface area contributed by atoms with Crippen molar-refractivity contribution in [2.75, 3.05) is 11.9 Å². The molecule has 2 amide bonds. The Balaban J connectivity index is 1.42. The van der Waals surface area contributed by atoms with Gasteiger partial charge in [0.1, 0.15) is 11.6 Å². The Morgan fingerprint density at radius 1 is 1.24 bits per heavy atom. The van der Waals surface area contributed by atoms with Crippen LogP contribution in [0.2, 0.25) is 0 Å². The van der Waals surface area contributed by atoms with Gasteiger partial charge in [-0.2, -0.15) is 8.78 Å². The summed E-state index contributed by atoms with van der Waals surface area (Å²) in [5.74, 6) is -4.47. The first-order valence-corrected chi connectivity index (χ1v) is 11.0. The third-order valence-electron chi connectivity index (χ3n) is 6.62. The smallest absolute Gasteiger partial charge is 0.352 e. The first-order valence-electron chi connectivity index (χ1n) is 11.0. The summed E-state index contributed by atoms with van der Waals surface area (Å²) in [6.45, 7) is 2.46. The van der Waals surface area contributed by atoms with E-state index in [0.717, 1.165) is 18.4 Å². The van der Waals surface area contributed by atoms with E-state index in [9.17, 15) is 18.4 Å². The van der Waals surface area contributed by atoms with E-state index in [1.54, 1.807) is 12.4 Å². The average Bonchev–Trinajstić information content (AvgIpc) is 3.30. The molecular weight excluding hydrogens is 432 g/mol. The number of rotatable bonds is 5. The number of halogens is 2. The van der Waals surface area contributed by atoms with Gasteiger partial charge in [-0.1, -0.05) is 6.07 Å². The molecule has 0 radical (unpaired) electrons. The maximum absolute atomic E-state index is 14.1. The predicted octanol–water partition coefficient (Wildman–Crippen LogP) is 3.38. The van der Waals surface area contributed by atoms with Crippen LogP contribution in [0.25, 0.3) is 22.3 Å². The maximum Gasteiger partial charge on any atom is 0.352 e. The van der Waals surface area contributed by atoms with Gasteiger partial charge in [-0.3, -0.25) is 9.59 Å². The fraction of sp³-hybridized carbons (Fsp3) is 0.391. The quantitative estimate of drug-likeness (QED) is 0.617. The number of fused-ring (bicyclic) bond motifs is 2. The molecule has 170 valence electrons. The summed E-state index contributed by atoms with van der Waals surface area (Å²) in [4.78, 5) is 32.6. The van der Waals surface area contributed by atoms with Crippen LogP contribution in [0.4, 0.5) is 14.5 Å². The molecule has 10 heteroatoms. The van der Waals surface area contributed by atoms with E-state index >= 15 is 0 Å². The van der Waals surface area contributed by atoms with Crippen LogP contribution in [0.15, 0.2) is 30.6 Å². The molecule has 2 N–H and O–H groups in total. The second-order valence-corrected chi connectivity index (χ2v) is 8.94. The maximum atomic E-state index is 14.1. The Bertz CT molecular complexity index is 1320. The summed E-state index contributed by atoms with van der Waals surface area (Å²) in [7, 11) is 0. The van der Waals surface area contributed by atoms with Crippen LogP contribution in [-0.2, 0) is 15.5 Å². The molecule has 2 atom stereocenters. The zero-order valence-corrected chi connectivity index (χ0v) is 17.8. The standard InChI is InChI=1S/C23H21F2N5O3/c1-11(13-7-19(31)26-9-13)33-21-20-18(27-10-30(20)14-3-4-14)8-16(28-21)12-2-5-15-17(6-12)29-22(32)23(15,24)25/h2,5-6,8,10-11,13-14H,3-4,7,9H2,1H3,(H,26,31)(H,29,32)/t11-,13?/m1/s1. The highest BCUT2D eigenvalue weighted by molar-refractivity contribution is 6.04. The number of pyridine rings is 1. The zero-order chi connectivity index (χ0) is 22.9. The van der Waals surface area contributed by atoms with Crippen molar-refractivity contribution < 1.29 is 23.1 Å². The van der Waals surface area contributed by atoms with E-state index in [4.69, 9.17) is 9.72 Å². The van der Waals surface area contributed by atoms with Gasteiger partial charge in [0.25, 0.3) is 5.91 Å². The van der Waals surface area contributed by atoms with Gasteiger partial charge < -0.3 is 19.9 Å². The van der Waals surface area contributed by atoms with Crippen molar-refractivity contribution in [1.29, 1.82) is 0 Å². The lowest BCUT2D eigenvalue weighted by molar-refractivity contribution is -0.139. The monoisotopic (exact) mass is 453 g/mol. The predicted molar refractivity (Wildman–Crippen MR) is 115 cm³/mol. The molecule has 2 aromatic heterocycles. The van der Waals surface area contributed by atoms with Crippen molar-refractivity contribution in [1.82, 2.24) is 19.9 Å². The molecule has 4 heterocycles. The molecule has 2 aliphatic heterocycles. The highest BCUT2D eigenvalue weighted by Gasteiger charge is 2.48.